The van der Waals surface area contributed by atoms with Crippen LogP contribution in [0.25, 0.3) is 11.0 Å². The summed E-state index contributed by atoms with van der Waals surface area (Å²) in [5.41, 5.74) is 3.08. The van der Waals surface area contributed by atoms with Gasteiger partial charge < -0.3 is 18.9 Å². The summed E-state index contributed by atoms with van der Waals surface area (Å²) in [5.74, 6) is 0.343. The number of fused-ring (bicyclic) bond motifs is 4. The zero-order valence-corrected chi connectivity index (χ0v) is 18.7. The SMILES string of the molecule is CCn1cc(C(=O)N2CC3CCC(C2)O3)c(=O)c2cc(OC3Cc4ccccc4C3)cnc21. The third-order valence-electron chi connectivity index (χ3n) is 7.11. The maximum atomic E-state index is 13.4. The summed E-state index contributed by atoms with van der Waals surface area (Å²) in [5, 5.41) is 0.423. The predicted molar refractivity (Wildman–Crippen MR) is 124 cm³/mol. The van der Waals surface area contributed by atoms with E-state index in [-0.39, 0.29) is 35.2 Å². The van der Waals surface area contributed by atoms with Gasteiger partial charge in [0.2, 0.25) is 5.43 Å². The Hall–Kier alpha value is -3.19. The number of ether oxygens (including phenoxy) is 2. The molecule has 1 aromatic carbocycles. The molecule has 1 aliphatic carbocycles. The van der Waals surface area contributed by atoms with Crippen molar-refractivity contribution in [1.82, 2.24) is 14.5 Å². The number of aromatic nitrogens is 2. The second kappa shape index (κ2) is 7.99. The Bertz CT molecular complexity index is 1260. The standard InChI is InChI=1S/C26H27N3O4/c1-2-28-15-23(26(31)29-13-18-7-8-19(14-29)32-18)24(30)22-11-21(12-27-25(22)28)33-20-9-16-5-3-4-6-17(16)10-20/h3-6,11-12,15,18-20H,2,7-10,13-14H2,1H3. The molecule has 0 radical (unpaired) electrons. The lowest BCUT2D eigenvalue weighted by atomic mass is 10.1. The van der Waals surface area contributed by atoms with E-state index in [1.165, 1.54) is 11.1 Å². The smallest absolute Gasteiger partial charge is 0.259 e. The first-order valence-electron chi connectivity index (χ1n) is 11.8. The Balaban J connectivity index is 1.32. The topological polar surface area (TPSA) is 73.7 Å². The summed E-state index contributed by atoms with van der Waals surface area (Å²) in [6, 6.07) is 10.1. The fourth-order valence-electron chi connectivity index (χ4n) is 5.46. The van der Waals surface area contributed by atoms with Gasteiger partial charge in [0.05, 0.1) is 23.8 Å². The highest BCUT2D eigenvalue weighted by atomic mass is 16.5. The molecule has 0 spiro atoms. The normalized spacial score (nSPS) is 22.0. The minimum Gasteiger partial charge on any atom is -0.488 e. The van der Waals surface area contributed by atoms with Crippen LogP contribution in [0, 0.1) is 0 Å². The molecule has 7 nitrogen and oxygen atoms in total. The molecule has 2 atom stereocenters. The summed E-state index contributed by atoms with van der Waals surface area (Å²) in [6.45, 7) is 3.68. The van der Waals surface area contributed by atoms with Gasteiger partial charge in [0.1, 0.15) is 23.1 Å². The molecule has 4 heterocycles. The molecular formula is C26H27N3O4. The zero-order chi connectivity index (χ0) is 22.5. The number of carbonyl (C=O) groups excluding carboxylic acids is 1. The molecule has 2 unspecified atom stereocenters. The van der Waals surface area contributed by atoms with Crippen LogP contribution in [0.3, 0.4) is 0 Å². The van der Waals surface area contributed by atoms with Crippen LogP contribution in [0.1, 0.15) is 41.3 Å². The van der Waals surface area contributed by atoms with E-state index in [2.05, 4.69) is 17.1 Å². The molecule has 2 aromatic heterocycles. The second-order valence-corrected chi connectivity index (χ2v) is 9.28. The maximum absolute atomic E-state index is 13.4. The van der Waals surface area contributed by atoms with E-state index in [4.69, 9.17) is 9.47 Å². The summed E-state index contributed by atoms with van der Waals surface area (Å²) < 4.78 is 14.0. The fourth-order valence-corrected chi connectivity index (χ4v) is 5.46. The van der Waals surface area contributed by atoms with Gasteiger partial charge in [-0.25, -0.2) is 4.98 Å². The van der Waals surface area contributed by atoms with Crippen molar-refractivity contribution in [3.63, 3.8) is 0 Å². The van der Waals surface area contributed by atoms with Gasteiger partial charge in [-0.1, -0.05) is 24.3 Å². The monoisotopic (exact) mass is 445 g/mol. The van der Waals surface area contributed by atoms with Crippen molar-refractivity contribution < 1.29 is 14.3 Å². The molecule has 2 aliphatic heterocycles. The van der Waals surface area contributed by atoms with Crippen LogP contribution in [0.4, 0.5) is 0 Å². The Morgan fingerprint density at radius 3 is 2.52 bits per heavy atom. The quantitative estimate of drug-likeness (QED) is 0.617. The third-order valence-corrected chi connectivity index (χ3v) is 7.11. The van der Waals surface area contributed by atoms with Crippen molar-refractivity contribution in [2.24, 2.45) is 0 Å². The van der Waals surface area contributed by atoms with Crippen LogP contribution in [-0.4, -0.2) is 51.8 Å². The number of amides is 1. The Morgan fingerprint density at radius 2 is 1.85 bits per heavy atom. The number of rotatable bonds is 4. The molecule has 3 aliphatic rings. The van der Waals surface area contributed by atoms with Gasteiger partial charge in [-0.3, -0.25) is 9.59 Å². The van der Waals surface area contributed by atoms with Crippen molar-refractivity contribution >= 4 is 16.9 Å². The Morgan fingerprint density at radius 1 is 1.15 bits per heavy atom. The summed E-state index contributed by atoms with van der Waals surface area (Å²) in [6.07, 6.45) is 7.14. The number of morpholine rings is 1. The van der Waals surface area contributed by atoms with E-state index in [9.17, 15) is 9.59 Å². The van der Waals surface area contributed by atoms with Crippen LogP contribution in [0.5, 0.6) is 5.75 Å². The predicted octanol–water partition coefficient (Wildman–Crippen LogP) is 2.97. The van der Waals surface area contributed by atoms with Gasteiger partial charge in [0, 0.05) is 38.7 Å². The number of likely N-dealkylation sites (tertiary alicyclic amines) is 1. The van der Waals surface area contributed by atoms with Crippen molar-refractivity contribution in [3.8, 4) is 5.75 Å². The van der Waals surface area contributed by atoms with Crippen LogP contribution in [-0.2, 0) is 24.1 Å². The number of pyridine rings is 2. The first kappa shape index (κ1) is 20.4. The summed E-state index contributed by atoms with van der Waals surface area (Å²) in [4.78, 5) is 33.1. The molecule has 2 saturated heterocycles. The van der Waals surface area contributed by atoms with Crippen LogP contribution >= 0.6 is 0 Å². The fraction of sp³-hybridized carbons (Fsp3) is 0.423. The number of hydrogen-bond donors (Lipinski definition) is 0. The number of hydrogen-bond acceptors (Lipinski definition) is 5. The molecule has 7 heteroatoms. The van der Waals surface area contributed by atoms with Crippen molar-refractivity contribution in [3.05, 3.63) is 69.6 Å². The molecule has 2 fully saturated rings. The Kier molecular flexibility index (Phi) is 4.94. The van der Waals surface area contributed by atoms with E-state index in [0.717, 1.165) is 25.7 Å². The second-order valence-electron chi connectivity index (χ2n) is 9.28. The highest BCUT2D eigenvalue weighted by Crippen LogP contribution is 2.28. The van der Waals surface area contributed by atoms with Crippen LogP contribution in [0.2, 0.25) is 0 Å². The molecule has 0 saturated carbocycles. The lowest BCUT2D eigenvalue weighted by Gasteiger charge is -2.32. The molecule has 1 amide bonds. The first-order valence-corrected chi connectivity index (χ1v) is 11.8. The third kappa shape index (κ3) is 3.60. The van der Waals surface area contributed by atoms with Gasteiger partial charge in [-0.15, -0.1) is 0 Å². The van der Waals surface area contributed by atoms with E-state index in [1.54, 1.807) is 23.4 Å². The largest absolute Gasteiger partial charge is 0.488 e. The highest BCUT2D eigenvalue weighted by molar-refractivity contribution is 5.97. The molecule has 3 aromatic rings. The van der Waals surface area contributed by atoms with E-state index >= 15 is 0 Å². The van der Waals surface area contributed by atoms with Crippen LogP contribution < -0.4 is 10.2 Å². The molecule has 2 bridgehead atoms. The highest BCUT2D eigenvalue weighted by Gasteiger charge is 2.36. The average Bonchev–Trinajstić information content (AvgIpc) is 3.40. The van der Waals surface area contributed by atoms with Gasteiger partial charge in [-0.2, -0.15) is 0 Å². The minimum absolute atomic E-state index is 0.0173. The van der Waals surface area contributed by atoms with Crippen molar-refractivity contribution in [1.29, 1.82) is 0 Å². The van der Waals surface area contributed by atoms with Crippen LogP contribution in [0.15, 0.2) is 47.5 Å². The van der Waals surface area contributed by atoms with Gasteiger partial charge >= 0.3 is 0 Å². The summed E-state index contributed by atoms with van der Waals surface area (Å²) >= 11 is 0. The van der Waals surface area contributed by atoms with E-state index < -0.39 is 0 Å². The zero-order valence-electron chi connectivity index (χ0n) is 18.7. The number of aryl methyl sites for hydroxylation is 1. The van der Waals surface area contributed by atoms with E-state index in [1.807, 2.05) is 23.6 Å². The maximum Gasteiger partial charge on any atom is 0.259 e. The number of benzene rings is 1. The number of carbonyl (C=O) groups is 1. The van der Waals surface area contributed by atoms with Gasteiger partial charge in [0.15, 0.2) is 0 Å². The minimum atomic E-state index is -0.286. The van der Waals surface area contributed by atoms with Crippen molar-refractivity contribution in [2.75, 3.05) is 13.1 Å². The molecule has 33 heavy (non-hydrogen) atoms. The number of nitrogens with zero attached hydrogens (tertiary/aromatic N) is 3. The molecule has 0 N–H and O–H groups in total. The lowest BCUT2D eigenvalue weighted by Crippen LogP contribution is -2.47. The lowest BCUT2D eigenvalue weighted by molar-refractivity contribution is -0.0304. The summed E-state index contributed by atoms with van der Waals surface area (Å²) in [7, 11) is 0. The van der Waals surface area contributed by atoms with Crippen molar-refractivity contribution in [2.45, 2.75) is 57.5 Å². The van der Waals surface area contributed by atoms with Gasteiger partial charge in [-0.05, 0) is 37.0 Å². The van der Waals surface area contributed by atoms with E-state index in [0.29, 0.717) is 36.4 Å². The first-order chi connectivity index (χ1) is 16.1. The molecule has 6 rings (SSSR count). The molecule has 170 valence electrons. The molecular weight excluding hydrogens is 418 g/mol. The average molecular weight is 446 g/mol. The van der Waals surface area contributed by atoms with Gasteiger partial charge in [0.25, 0.3) is 5.91 Å². The Labute approximate surface area is 191 Å².